The smallest absolute Gasteiger partial charge is 0.119 e. The number of hydrogen-bond donors (Lipinski definition) is 0. The van der Waals surface area contributed by atoms with E-state index < -0.39 is 0 Å². The molecule has 1 heterocycles. The molecule has 4 rings (SSSR count). The van der Waals surface area contributed by atoms with Crippen LogP contribution in [0, 0.1) is 0 Å². The standard InChI is InChI=1S/C28H33NO3/c1-30-26-8-6-7-22(20-26)19-24-11-14-27(31-2)21-28(24)23-9-12-25(13-10-23)32-18-17-29-15-4-3-5-16-29/h6-14,20-21H,3-5,15-19H2,1-2H3. The van der Waals surface area contributed by atoms with E-state index in [9.17, 15) is 0 Å². The molecule has 0 aromatic heterocycles. The van der Waals surface area contributed by atoms with E-state index in [0.717, 1.165) is 42.4 Å². The monoisotopic (exact) mass is 431 g/mol. The molecule has 32 heavy (non-hydrogen) atoms. The van der Waals surface area contributed by atoms with Gasteiger partial charge >= 0.3 is 0 Å². The van der Waals surface area contributed by atoms with Gasteiger partial charge in [0.15, 0.2) is 0 Å². The summed E-state index contributed by atoms with van der Waals surface area (Å²) < 4.78 is 16.9. The summed E-state index contributed by atoms with van der Waals surface area (Å²) >= 11 is 0. The molecule has 4 nitrogen and oxygen atoms in total. The molecule has 0 amide bonds. The first-order valence-corrected chi connectivity index (χ1v) is 11.5. The van der Waals surface area contributed by atoms with Gasteiger partial charge in [0.25, 0.3) is 0 Å². The molecule has 0 radical (unpaired) electrons. The van der Waals surface area contributed by atoms with Crippen molar-refractivity contribution in [3.05, 3.63) is 77.9 Å². The van der Waals surface area contributed by atoms with E-state index in [-0.39, 0.29) is 0 Å². The first-order chi connectivity index (χ1) is 15.7. The molecule has 3 aromatic rings. The Morgan fingerprint density at radius 3 is 2.22 bits per heavy atom. The van der Waals surface area contributed by atoms with Crippen LogP contribution in [0.2, 0.25) is 0 Å². The molecule has 0 spiro atoms. The Morgan fingerprint density at radius 1 is 0.750 bits per heavy atom. The molecule has 1 aliphatic heterocycles. The zero-order chi connectivity index (χ0) is 22.2. The molecule has 168 valence electrons. The predicted octanol–water partition coefficient (Wildman–Crippen LogP) is 5.83. The fourth-order valence-electron chi connectivity index (χ4n) is 4.31. The summed E-state index contributed by atoms with van der Waals surface area (Å²) in [7, 11) is 3.41. The molecule has 0 bridgehead atoms. The van der Waals surface area contributed by atoms with Crippen molar-refractivity contribution in [2.75, 3.05) is 40.5 Å². The van der Waals surface area contributed by atoms with Crippen LogP contribution >= 0.6 is 0 Å². The normalized spacial score (nSPS) is 14.2. The zero-order valence-corrected chi connectivity index (χ0v) is 19.2. The SMILES string of the molecule is COc1cccc(Cc2ccc(OC)cc2-c2ccc(OCCN3CCCCC3)cc2)c1. The second kappa shape index (κ2) is 11.1. The molecule has 3 aromatic carbocycles. The Kier molecular flexibility index (Phi) is 7.68. The molecule has 1 fully saturated rings. The van der Waals surface area contributed by atoms with Gasteiger partial charge in [-0.05, 0) is 91.0 Å². The highest BCUT2D eigenvalue weighted by Gasteiger charge is 2.11. The summed E-state index contributed by atoms with van der Waals surface area (Å²) in [6.07, 6.45) is 4.81. The maximum absolute atomic E-state index is 6.02. The highest BCUT2D eigenvalue weighted by Crippen LogP contribution is 2.31. The molecule has 0 saturated carbocycles. The number of piperidine rings is 1. The minimum atomic E-state index is 0.736. The lowest BCUT2D eigenvalue weighted by Crippen LogP contribution is -2.33. The first kappa shape index (κ1) is 22.2. The zero-order valence-electron chi connectivity index (χ0n) is 19.2. The van der Waals surface area contributed by atoms with Crippen molar-refractivity contribution < 1.29 is 14.2 Å². The van der Waals surface area contributed by atoms with Gasteiger partial charge in [0, 0.05) is 6.54 Å². The third kappa shape index (κ3) is 5.83. The first-order valence-electron chi connectivity index (χ1n) is 11.5. The molecular weight excluding hydrogens is 398 g/mol. The molecule has 1 saturated heterocycles. The minimum Gasteiger partial charge on any atom is -0.497 e. The Labute approximate surface area is 191 Å². The average Bonchev–Trinajstić information content (AvgIpc) is 2.85. The molecule has 0 atom stereocenters. The number of rotatable bonds is 9. The van der Waals surface area contributed by atoms with E-state index in [1.807, 2.05) is 18.2 Å². The molecule has 1 aliphatic rings. The van der Waals surface area contributed by atoms with Gasteiger partial charge in [-0.3, -0.25) is 4.90 Å². The van der Waals surface area contributed by atoms with Crippen molar-refractivity contribution in [3.63, 3.8) is 0 Å². The number of methoxy groups -OCH3 is 2. The van der Waals surface area contributed by atoms with Gasteiger partial charge in [0.05, 0.1) is 14.2 Å². The maximum Gasteiger partial charge on any atom is 0.119 e. The average molecular weight is 432 g/mol. The van der Waals surface area contributed by atoms with Crippen molar-refractivity contribution in [2.45, 2.75) is 25.7 Å². The van der Waals surface area contributed by atoms with Crippen molar-refractivity contribution in [1.82, 2.24) is 4.90 Å². The van der Waals surface area contributed by atoms with Crippen LogP contribution in [-0.4, -0.2) is 45.4 Å². The van der Waals surface area contributed by atoms with E-state index in [1.165, 1.54) is 49.0 Å². The van der Waals surface area contributed by atoms with Crippen molar-refractivity contribution >= 4 is 0 Å². The van der Waals surface area contributed by atoms with Crippen LogP contribution in [0.5, 0.6) is 17.2 Å². The maximum atomic E-state index is 6.02. The highest BCUT2D eigenvalue weighted by atomic mass is 16.5. The lowest BCUT2D eigenvalue weighted by molar-refractivity contribution is 0.183. The van der Waals surface area contributed by atoms with Crippen LogP contribution in [0.25, 0.3) is 11.1 Å². The molecule has 0 aliphatic carbocycles. The van der Waals surface area contributed by atoms with Gasteiger partial charge in [0.1, 0.15) is 23.9 Å². The van der Waals surface area contributed by atoms with Crippen LogP contribution in [0.4, 0.5) is 0 Å². The van der Waals surface area contributed by atoms with Gasteiger partial charge in [-0.15, -0.1) is 0 Å². The largest absolute Gasteiger partial charge is 0.497 e. The van der Waals surface area contributed by atoms with Crippen LogP contribution in [0.15, 0.2) is 66.7 Å². The van der Waals surface area contributed by atoms with Crippen molar-refractivity contribution in [2.24, 2.45) is 0 Å². The van der Waals surface area contributed by atoms with E-state index in [2.05, 4.69) is 53.4 Å². The number of benzene rings is 3. The van der Waals surface area contributed by atoms with Crippen molar-refractivity contribution in [1.29, 1.82) is 0 Å². The minimum absolute atomic E-state index is 0.736. The molecule has 0 N–H and O–H groups in total. The number of hydrogen-bond acceptors (Lipinski definition) is 4. The number of nitrogens with zero attached hydrogens (tertiary/aromatic N) is 1. The van der Waals surface area contributed by atoms with E-state index in [1.54, 1.807) is 14.2 Å². The Morgan fingerprint density at radius 2 is 1.47 bits per heavy atom. The van der Waals surface area contributed by atoms with Crippen molar-refractivity contribution in [3.8, 4) is 28.4 Å². The van der Waals surface area contributed by atoms with Crippen LogP contribution in [0.1, 0.15) is 30.4 Å². The lowest BCUT2D eigenvalue weighted by atomic mass is 9.94. The van der Waals surface area contributed by atoms with E-state index >= 15 is 0 Å². The summed E-state index contributed by atoms with van der Waals surface area (Å²) in [6, 6.07) is 22.9. The summed E-state index contributed by atoms with van der Waals surface area (Å²) in [6.45, 7) is 4.14. The van der Waals surface area contributed by atoms with Crippen LogP contribution < -0.4 is 14.2 Å². The Bertz CT molecular complexity index is 994. The summed E-state index contributed by atoms with van der Waals surface area (Å²) in [5, 5.41) is 0. The van der Waals surface area contributed by atoms with Gasteiger partial charge < -0.3 is 14.2 Å². The summed E-state index contributed by atoms with van der Waals surface area (Å²) in [5.74, 6) is 2.66. The Hall–Kier alpha value is -2.98. The third-order valence-corrected chi connectivity index (χ3v) is 6.14. The second-order valence-corrected chi connectivity index (χ2v) is 8.33. The molecular formula is C28H33NO3. The summed E-state index contributed by atoms with van der Waals surface area (Å²) in [5.41, 5.74) is 4.79. The van der Waals surface area contributed by atoms with Gasteiger partial charge in [-0.1, -0.05) is 36.8 Å². The third-order valence-electron chi connectivity index (χ3n) is 6.14. The summed E-state index contributed by atoms with van der Waals surface area (Å²) in [4.78, 5) is 2.50. The van der Waals surface area contributed by atoms with E-state index in [0.29, 0.717) is 0 Å². The number of ether oxygens (including phenoxy) is 3. The highest BCUT2D eigenvalue weighted by molar-refractivity contribution is 5.70. The topological polar surface area (TPSA) is 30.9 Å². The quantitative estimate of drug-likeness (QED) is 0.427. The number of likely N-dealkylation sites (tertiary alicyclic amines) is 1. The van der Waals surface area contributed by atoms with Gasteiger partial charge in [-0.2, -0.15) is 0 Å². The van der Waals surface area contributed by atoms with E-state index in [4.69, 9.17) is 14.2 Å². The second-order valence-electron chi connectivity index (χ2n) is 8.33. The molecule has 4 heteroatoms. The fourth-order valence-corrected chi connectivity index (χ4v) is 4.31. The molecule has 0 unspecified atom stereocenters. The fraction of sp³-hybridized carbons (Fsp3) is 0.357. The van der Waals surface area contributed by atoms with Gasteiger partial charge in [0.2, 0.25) is 0 Å². The Balaban J connectivity index is 1.47. The van der Waals surface area contributed by atoms with Crippen LogP contribution in [0.3, 0.4) is 0 Å². The predicted molar refractivity (Wildman–Crippen MR) is 130 cm³/mol. The lowest BCUT2D eigenvalue weighted by Gasteiger charge is -2.26. The van der Waals surface area contributed by atoms with Gasteiger partial charge in [-0.25, -0.2) is 0 Å². The van der Waals surface area contributed by atoms with Crippen LogP contribution in [-0.2, 0) is 6.42 Å².